The topological polar surface area (TPSA) is 21.3 Å². The summed E-state index contributed by atoms with van der Waals surface area (Å²) in [7, 11) is 1.83. The van der Waals surface area contributed by atoms with E-state index in [1.807, 2.05) is 21.0 Å². The highest BCUT2D eigenvalue weighted by molar-refractivity contribution is 4.84. The fourth-order valence-electron chi connectivity index (χ4n) is 1.58. The van der Waals surface area contributed by atoms with Crippen LogP contribution in [0.2, 0.25) is 0 Å². The van der Waals surface area contributed by atoms with Gasteiger partial charge in [-0.2, -0.15) is 0 Å². The zero-order valence-corrected chi connectivity index (χ0v) is 8.94. The van der Waals surface area contributed by atoms with Gasteiger partial charge in [-0.15, -0.1) is 0 Å². The van der Waals surface area contributed by atoms with Crippen molar-refractivity contribution in [2.45, 2.75) is 45.6 Å². The lowest BCUT2D eigenvalue weighted by Gasteiger charge is -2.35. The fourth-order valence-corrected chi connectivity index (χ4v) is 1.58. The Bertz CT molecular complexity index is 92.0. The summed E-state index contributed by atoms with van der Waals surface area (Å²) in [5.74, 6) is 0. The van der Waals surface area contributed by atoms with Gasteiger partial charge in [-0.05, 0) is 32.4 Å². The molecule has 1 rings (SSSR count). The van der Waals surface area contributed by atoms with Gasteiger partial charge in [0.2, 0.25) is 0 Å². The number of hydrogen-bond acceptors (Lipinski definition) is 2. The van der Waals surface area contributed by atoms with Crippen molar-refractivity contribution in [1.82, 2.24) is 5.32 Å². The number of nitrogens with one attached hydrogen (secondary N) is 1. The molecule has 0 aromatic rings. The van der Waals surface area contributed by atoms with Gasteiger partial charge < -0.3 is 10.1 Å². The van der Waals surface area contributed by atoms with E-state index in [1.54, 1.807) is 0 Å². The fraction of sp³-hybridized carbons (Fsp3) is 1.00. The summed E-state index contributed by atoms with van der Waals surface area (Å²) in [4.78, 5) is 0. The first kappa shape index (κ1) is 11.9. The first-order valence-corrected chi connectivity index (χ1v) is 5.09. The third kappa shape index (κ3) is 3.11. The van der Waals surface area contributed by atoms with E-state index >= 15 is 0 Å². The van der Waals surface area contributed by atoms with Gasteiger partial charge in [0.25, 0.3) is 0 Å². The van der Waals surface area contributed by atoms with Crippen LogP contribution >= 0.6 is 0 Å². The summed E-state index contributed by atoms with van der Waals surface area (Å²) in [5, 5.41) is 3.33. The van der Waals surface area contributed by atoms with Crippen molar-refractivity contribution in [3.63, 3.8) is 0 Å². The first-order valence-electron chi connectivity index (χ1n) is 5.09. The average molecular weight is 173 g/mol. The van der Waals surface area contributed by atoms with Crippen molar-refractivity contribution in [1.29, 1.82) is 0 Å². The molecular weight excluding hydrogens is 150 g/mol. The maximum absolute atomic E-state index is 5.49. The molecule has 1 N–H and O–H groups in total. The molecule has 0 aliphatic carbocycles. The molecule has 0 aromatic carbocycles. The van der Waals surface area contributed by atoms with Crippen molar-refractivity contribution in [2.75, 3.05) is 20.2 Å². The van der Waals surface area contributed by atoms with E-state index in [0.717, 1.165) is 19.5 Å². The van der Waals surface area contributed by atoms with Crippen molar-refractivity contribution < 1.29 is 4.74 Å². The van der Waals surface area contributed by atoms with Crippen LogP contribution in [-0.2, 0) is 4.74 Å². The molecule has 0 atom stereocenters. The Morgan fingerprint density at radius 1 is 1.25 bits per heavy atom. The van der Waals surface area contributed by atoms with E-state index in [-0.39, 0.29) is 5.60 Å². The second-order valence-corrected chi connectivity index (χ2v) is 2.99. The van der Waals surface area contributed by atoms with Gasteiger partial charge in [-0.1, -0.05) is 20.8 Å². The molecule has 2 nitrogen and oxygen atoms in total. The van der Waals surface area contributed by atoms with Crippen LogP contribution in [0.25, 0.3) is 0 Å². The predicted octanol–water partition coefficient (Wildman–Crippen LogP) is 2.19. The zero-order valence-electron chi connectivity index (χ0n) is 8.94. The smallest absolute Gasteiger partial charge is 0.0700 e. The summed E-state index contributed by atoms with van der Waals surface area (Å²) >= 11 is 0. The molecule has 1 aliphatic rings. The Balaban J connectivity index is 0.000000561. The Morgan fingerprint density at radius 3 is 2.00 bits per heavy atom. The summed E-state index contributed by atoms with van der Waals surface area (Å²) in [6, 6.07) is 0. The van der Waals surface area contributed by atoms with E-state index < -0.39 is 0 Å². The number of rotatable bonds is 2. The van der Waals surface area contributed by atoms with Gasteiger partial charge in [-0.25, -0.2) is 0 Å². The summed E-state index contributed by atoms with van der Waals surface area (Å²) in [6.07, 6.45) is 3.48. The Hall–Kier alpha value is -0.0800. The zero-order chi connectivity index (χ0) is 9.45. The van der Waals surface area contributed by atoms with Crippen LogP contribution in [0.1, 0.15) is 40.0 Å². The molecule has 0 aromatic heterocycles. The molecule has 74 valence electrons. The van der Waals surface area contributed by atoms with Crippen LogP contribution in [0.4, 0.5) is 0 Å². The minimum absolute atomic E-state index is 0.200. The molecule has 2 heteroatoms. The van der Waals surface area contributed by atoms with Crippen LogP contribution in [0.3, 0.4) is 0 Å². The van der Waals surface area contributed by atoms with Crippen LogP contribution < -0.4 is 5.32 Å². The van der Waals surface area contributed by atoms with Crippen molar-refractivity contribution in [3.8, 4) is 0 Å². The second-order valence-electron chi connectivity index (χ2n) is 2.99. The first-order chi connectivity index (χ1) is 5.83. The van der Waals surface area contributed by atoms with E-state index in [2.05, 4.69) is 12.2 Å². The molecule has 0 unspecified atom stereocenters. The average Bonchev–Trinajstić information content (AvgIpc) is 2.22. The van der Waals surface area contributed by atoms with E-state index in [1.165, 1.54) is 12.8 Å². The number of methoxy groups -OCH3 is 1. The lowest BCUT2D eigenvalue weighted by molar-refractivity contribution is -0.0366. The quantitative estimate of drug-likeness (QED) is 0.691. The highest BCUT2D eigenvalue weighted by Crippen LogP contribution is 2.25. The third-order valence-electron chi connectivity index (χ3n) is 2.59. The summed E-state index contributed by atoms with van der Waals surface area (Å²) in [5.41, 5.74) is 0.200. The van der Waals surface area contributed by atoms with Crippen LogP contribution in [0.15, 0.2) is 0 Å². The van der Waals surface area contributed by atoms with Crippen molar-refractivity contribution >= 4 is 0 Å². The molecular formula is C10H23NO. The Kier molecular flexibility index (Phi) is 6.39. The van der Waals surface area contributed by atoms with E-state index in [4.69, 9.17) is 4.74 Å². The molecule has 12 heavy (non-hydrogen) atoms. The maximum atomic E-state index is 5.49. The van der Waals surface area contributed by atoms with E-state index in [0.29, 0.717) is 0 Å². The Morgan fingerprint density at radius 2 is 1.75 bits per heavy atom. The van der Waals surface area contributed by atoms with Crippen LogP contribution in [0, 0.1) is 0 Å². The molecule has 0 radical (unpaired) electrons. The lowest BCUT2D eigenvalue weighted by Crippen LogP contribution is -2.42. The normalized spacial score (nSPS) is 21.0. The number of piperidine rings is 1. The summed E-state index contributed by atoms with van der Waals surface area (Å²) < 4.78 is 5.49. The molecule has 1 fully saturated rings. The van der Waals surface area contributed by atoms with E-state index in [9.17, 15) is 0 Å². The lowest BCUT2D eigenvalue weighted by atomic mass is 9.90. The molecule has 1 saturated heterocycles. The number of hydrogen-bond donors (Lipinski definition) is 1. The molecule has 0 amide bonds. The molecule has 1 heterocycles. The van der Waals surface area contributed by atoms with Crippen molar-refractivity contribution in [2.24, 2.45) is 0 Å². The Labute approximate surface area is 76.7 Å². The highest BCUT2D eigenvalue weighted by Gasteiger charge is 2.29. The minimum atomic E-state index is 0.200. The second kappa shape index (κ2) is 6.44. The monoisotopic (exact) mass is 173 g/mol. The molecule has 1 aliphatic heterocycles. The van der Waals surface area contributed by atoms with Gasteiger partial charge in [-0.3, -0.25) is 0 Å². The highest BCUT2D eigenvalue weighted by atomic mass is 16.5. The molecule has 0 spiro atoms. The largest absolute Gasteiger partial charge is 0.378 e. The predicted molar refractivity (Wildman–Crippen MR) is 53.5 cm³/mol. The minimum Gasteiger partial charge on any atom is -0.378 e. The van der Waals surface area contributed by atoms with Gasteiger partial charge in [0.15, 0.2) is 0 Å². The third-order valence-corrected chi connectivity index (χ3v) is 2.59. The van der Waals surface area contributed by atoms with Crippen LogP contribution in [0.5, 0.6) is 0 Å². The van der Waals surface area contributed by atoms with Gasteiger partial charge in [0, 0.05) is 7.11 Å². The standard InChI is InChI=1S/C8H17NO.C2H6/c1-3-8(10-2)4-6-9-7-5-8;1-2/h9H,3-7H2,1-2H3;1-2H3. The molecule has 0 saturated carbocycles. The SMILES string of the molecule is CC.CCC1(OC)CCNCC1. The van der Waals surface area contributed by atoms with Crippen LogP contribution in [-0.4, -0.2) is 25.8 Å². The van der Waals surface area contributed by atoms with Gasteiger partial charge >= 0.3 is 0 Å². The maximum Gasteiger partial charge on any atom is 0.0700 e. The van der Waals surface area contributed by atoms with Gasteiger partial charge in [0.1, 0.15) is 0 Å². The number of ether oxygens (including phenoxy) is 1. The van der Waals surface area contributed by atoms with Gasteiger partial charge in [0.05, 0.1) is 5.60 Å². The molecule has 0 bridgehead atoms. The summed E-state index contributed by atoms with van der Waals surface area (Å²) in [6.45, 7) is 8.43. The van der Waals surface area contributed by atoms with Crippen molar-refractivity contribution in [3.05, 3.63) is 0 Å².